The Hall–Kier alpha value is -0.0431. The summed E-state index contributed by atoms with van der Waals surface area (Å²) in [7, 11) is -1.09. The zero-order chi connectivity index (χ0) is 13.1. The molecule has 0 spiro atoms. The molecule has 0 amide bonds. The van der Waals surface area contributed by atoms with Crippen LogP contribution in [0.1, 0.15) is 72.6 Å². The van der Waals surface area contributed by atoms with E-state index in [-0.39, 0.29) is 0 Å². The van der Waals surface area contributed by atoms with E-state index < -0.39 is 8.07 Å². The Morgan fingerprint density at radius 2 is 1.24 bits per heavy atom. The third-order valence-corrected chi connectivity index (χ3v) is 10.4. The molecule has 0 fully saturated rings. The summed E-state index contributed by atoms with van der Waals surface area (Å²) in [5, 5.41) is 1.65. The van der Waals surface area contributed by atoms with Crippen molar-refractivity contribution in [1.29, 1.82) is 0 Å². The van der Waals surface area contributed by atoms with Gasteiger partial charge in [0.05, 0.1) is 8.07 Å². The maximum atomic E-state index is 4.44. The van der Waals surface area contributed by atoms with Gasteiger partial charge in [-0.05, 0) is 12.8 Å². The quantitative estimate of drug-likeness (QED) is 0.298. The fourth-order valence-electron chi connectivity index (χ4n) is 2.88. The third kappa shape index (κ3) is 5.90. The summed E-state index contributed by atoms with van der Waals surface area (Å²) < 4.78 is 0. The van der Waals surface area contributed by atoms with Gasteiger partial charge in [-0.1, -0.05) is 83.1 Å². The summed E-state index contributed by atoms with van der Waals surface area (Å²) in [4.78, 5) is 0. The van der Waals surface area contributed by atoms with E-state index in [1.807, 2.05) is 0 Å². The van der Waals surface area contributed by atoms with E-state index >= 15 is 0 Å². The van der Waals surface area contributed by atoms with Crippen LogP contribution < -0.4 is 0 Å². The second-order valence-electron chi connectivity index (χ2n) is 5.46. The molecule has 0 radical (unpaired) electrons. The van der Waals surface area contributed by atoms with Crippen LogP contribution in [0.15, 0.2) is 11.8 Å². The summed E-state index contributed by atoms with van der Waals surface area (Å²) in [5.41, 5.74) is 0. The number of hydrogen-bond acceptors (Lipinski definition) is 0. The van der Waals surface area contributed by atoms with Crippen LogP contribution in [0.4, 0.5) is 0 Å². The molecule has 0 saturated carbocycles. The monoisotopic (exact) mass is 254 g/mol. The van der Waals surface area contributed by atoms with Crippen LogP contribution in [0.25, 0.3) is 0 Å². The van der Waals surface area contributed by atoms with Crippen molar-refractivity contribution >= 4 is 8.07 Å². The predicted molar refractivity (Wildman–Crippen MR) is 84.3 cm³/mol. The van der Waals surface area contributed by atoms with Gasteiger partial charge >= 0.3 is 0 Å². The topological polar surface area (TPSA) is 0 Å². The largest absolute Gasteiger partial charge is 0.104 e. The lowest BCUT2D eigenvalue weighted by molar-refractivity contribution is 0.609. The van der Waals surface area contributed by atoms with Gasteiger partial charge in [0.2, 0.25) is 0 Å². The fraction of sp³-hybridized carbons (Fsp3) is 0.875. The zero-order valence-corrected chi connectivity index (χ0v) is 13.8. The fourth-order valence-corrected chi connectivity index (χ4v) is 6.59. The second kappa shape index (κ2) is 9.93. The Labute approximate surface area is 111 Å². The molecule has 0 bridgehead atoms. The molecule has 0 aromatic carbocycles. The number of unbranched alkanes of at least 4 members (excludes halogenated alkanes) is 5. The van der Waals surface area contributed by atoms with Gasteiger partial charge in [0.1, 0.15) is 0 Å². The number of allylic oxidation sites excluding steroid dienone is 1. The number of hydrogen-bond donors (Lipinski definition) is 0. The van der Waals surface area contributed by atoms with Crippen LogP contribution in [0.2, 0.25) is 18.1 Å². The molecule has 0 N–H and O–H groups in total. The zero-order valence-electron chi connectivity index (χ0n) is 12.8. The summed E-state index contributed by atoms with van der Waals surface area (Å²) in [6.45, 7) is 13.9. The van der Waals surface area contributed by atoms with E-state index in [4.69, 9.17) is 0 Å². The molecule has 0 unspecified atom stereocenters. The summed E-state index contributed by atoms with van der Waals surface area (Å²) in [6.07, 6.45) is 9.75. The van der Waals surface area contributed by atoms with E-state index in [1.54, 1.807) is 5.20 Å². The molecule has 0 aromatic heterocycles. The van der Waals surface area contributed by atoms with Crippen LogP contribution >= 0.6 is 0 Å². The maximum Gasteiger partial charge on any atom is 0.0799 e. The maximum absolute atomic E-state index is 4.44. The highest BCUT2D eigenvalue weighted by Crippen LogP contribution is 2.30. The van der Waals surface area contributed by atoms with Crippen LogP contribution in [0.3, 0.4) is 0 Å². The first kappa shape index (κ1) is 17.0. The first-order valence-corrected chi connectivity index (χ1v) is 10.5. The van der Waals surface area contributed by atoms with Crippen molar-refractivity contribution in [3.8, 4) is 0 Å². The second-order valence-corrected chi connectivity index (χ2v) is 10.9. The number of rotatable bonds is 11. The molecule has 0 aliphatic heterocycles. The molecule has 1 heteroatoms. The Morgan fingerprint density at radius 1 is 0.765 bits per heavy atom. The minimum absolute atomic E-state index is 1.09. The molecular weight excluding hydrogens is 220 g/mol. The molecule has 0 aliphatic carbocycles. The van der Waals surface area contributed by atoms with Gasteiger partial charge in [0.15, 0.2) is 0 Å². The molecule has 0 heterocycles. The van der Waals surface area contributed by atoms with Crippen molar-refractivity contribution in [2.75, 3.05) is 0 Å². The van der Waals surface area contributed by atoms with Crippen LogP contribution in [-0.4, -0.2) is 8.07 Å². The minimum atomic E-state index is -1.09. The highest BCUT2D eigenvalue weighted by atomic mass is 28.3. The highest BCUT2D eigenvalue weighted by Gasteiger charge is 2.29. The molecule has 0 rings (SSSR count). The van der Waals surface area contributed by atoms with Gasteiger partial charge in [0.25, 0.3) is 0 Å². The van der Waals surface area contributed by atoms with E-state index in [2.05, 4.69) is 34.3 Å². The van der Waals surface area contributed by atoms with E-state index in [0.717, 1.165) is 0 Å². The minimum Gasteiger partial charge on any atom is -0.104 e. The van der Waals surface area contributed by atoms with Gasteiger partial charge in [-0.25, -0.2) is 0 Å². The van der Waals surface area contributed by atoms with Gasteiger partial charge in [0, 0.05) is 0 Å². The van der Waals surface area contributed by atoms with Gasteiger partial charge in [-0.3, -0.25) is 0 Å². The summed E-state index contributed by atoms with van der Waals surface area (Å²) in [6, 6.07) is 4.19. The summed E-state index contributed by atoms with van der Waals surface area (Å²) >= 11 is 0. The molecule has 102 valence electrons. The lowest BCUT2D eigenvalue weighted by Crippen LogP contribution is -2.34. The highest BCUT2D eigenvalue weighted by molar-refractivity contribution is 6.86. The smallest absolute Gasteiger partial charge is 0.0799 e. The third-order valence-electron chi connectivity index (χ3n) is 4.61. The lowest BCUT2D eigenvalue weighted by Gasteiger charge is -2.30. The van der Waals surface area contributed by atoms with Crippen molar-refractivity contribution in [3.63, 3.8) is 0 Å². The Morgan fingerprint density at radius 3 is 1.71 bits per heavy atom. The van der Waals surface area contributed by atoms with Crippen molar-refractivity contribution in [2.45, 2.75) is 90.8 Å². The lowest BCUT2D eigenvalue weighted by atomic mass is 10.1. The first-order chi connectivity index (χ1) is 8.16. The standard InChI is InChI=1S/C16H34Si/c1-6-10-11-12-13-14-15-16(5)17(7-2,8-3)9-4/h5-15H2,1-4H3. The predicted octanol–water partition coefficient (Wildman–Crippen LogP) is 6.34. The average Bonchev–Trinajstić information content (AvgIpc) is 2.36. The van der Waals surface area contributed by atoms with Gasteiger partial charge in [-0.15, -0.1) is 6.58 Å². The van der Waals surface area contributed by atoms with Crippen LogP contribution in [0, 0.1) is 0 Å². The van der Waals surface area contributed by atoms with Crippen LogP contribution in [-0.2, 0) is 0 Å². The Kier molecular flexibility index (Phi) is 9.91. The molecule has 0 aromatic rings. The molecular formula is C16H34Si. The Balaban J connectivity index is 3.83. The van der Waals surface area contributed by atoms with Crippen molar-refractivity contribution in [2.24, 2.45) is 0 Å². The SMILES string of the molecule is C=C(CCCCCCCC)[Si](CC)(CC)CC. The van der Waals surface area contributed by atoms with Gasteiger partial charge < -0.3 is 0 Å². The molecule has 0 aliphatic rings. The van der Waals surface area contributed by atoms with Crippen molar-refractivity contribution in [1.82, 2.24) is 0 Å². The van der Waals surface area contributed by atoms with E-state index in [0.29, 0.717) is 0 Å². The van der Waals surface area contributed by atoms with Crippen molar-refractivity contribution in [3.05, 3.63) is 11.8 Å². The van der Waals surface area contributed by atoms with Crippen molar-refractivity contribution < 1.29 is 0 Å². The molecule has 17 heavy (non-hydrogen) atoms. The first-order valence-electron chi connectivity index (χ1n) is 7.85. The summed E-state index contributed by atoms with van der Waals surface area (Å²) in [5.74, 6) is 0. The Bertz CT molecular complexity index is 183. The van der Waals surface area contributed by atoms with E-state index in [1.165, 1.54) is 63.1 Å². The average molecular weight is 255 g/mol. The van der Waals surface area contributed by atoms with Crippen LogP contribution in [0.5, 0.6) is 0 Å². The molecule has 0 nitrogen and oxygen atoms in total. The molecule has 0 saturated heterocycles. The van der Waals surface area contributed by atoms with E-state index in [9.17, 15) is 0 Å². The normalized spacial score (nSPS) is 11.8. The van der Waals surface area contributed by atoms with Gasteiger partial charge in [-0.2, -0.15) is 0 Å². The molecule has 0 atom stereocenters.